The predicted octanol–water partition coefficient (Wildman–Crippen LogP) is 2.47. The van der Waals surface area contributed by atoms with Gasteiger partial charge in [0.25, 0.3) is 0 Å². The van der Waals surface area contributed by atoms with Crippen molar-refractivity contribution in [3.8, 4) is 6.07 Å². The molecule has 1 aromatic heterocycles. The van der Waals surface area contributed by atoms with Gasteiger partial charge in [0.15, 0.2) is 25.5 Å². The summed E-state index contributed by atoms with van der Waals surface area (Å²) in [6.07, 6.45) is 2.95. The molecule has 1 N–H and O–H groups in total. The third kappa shape index (κ3) is 5.74. The lowest BCUT2D eigenvalue weighted by Gasteiger charge is -2.11. The Balaban J connectivity index is 2.10. The van der Waals surface area contributed by atoms with E-state index in [1.807, 2.05) is 6.07 Å². The van der Waals surface area contributed by atoms with Crippen molar-refractivity contribution in [2.45, 2.75) is 36.8 Å². The van der Waals surface area contributed by atoms with Gasteiger partial charge in [-0.2, -0.15) is 5.26 Å². The number of nitriles is 1. The number of benzene rings is 1. The second-order valence-corrected chi connectivity index (χ2v) is 11.2. The molecule has 2 rings (SSSR count). The summed E-state index contributed by atoms with van der Waals surface area (Å²) in [6.45, 7) is 3.21. The summed E-state index contributed by atoms with van der Waals surface area (Å²) in [5, 5.41) is 11.3. The van der Waals surface area contributed by atoms with E-state index < -0.39 is 24.9 Å². The summed E-state index contributed by atoms with van der Waals surface area (Å²) in [4.78, 5) is 7.76. The van der Waals surface area contributed by atoms with E-state index in [-0.39, 0.29) is 35.1 Å². The van der Waals surface area contributed by atoms with Gasteiger partial charge in [-0.05, 0) is 51.0 Å². The van der Waals surface area contributed by atoms with Crippen LogP contribution in [0.5, 0.6) is 0 Å². The maximum absolute atomic E-state index is 12.7. The first-order valence-corrected chi connectivity index (χ1v) is 12.0. The predicted molar refractivity (Wildman–Crippen MR) is 107 cm³/mol. The highest BCUT2D eigenvalue weighted by Crippen LogP contribution is 2.23. The van der Waals surface area contributed by atoms with Crippen molar-refractivity contribution in [2.24, 2.45) is 0 Å². The highest BCUT2D eigenvalue weighted by molar-refractivity contribution is 7.92. The Labute approximate surface area is 165 Å². The topological polar surface area (TPSA) is 130 Å². The van der Waals surface area contributed by atoms with Crippen LogP contribution in [0.1, 0.15) is 32.3 Å². The first kappa shape index (κ1) is 21.8. The molecule has 10 heteroatoms. The number of unbranched alkanes of at least 4 members (excludes halogenated alkanes) is 1. The van der Waals surface area contributed by atoms with Crippen LogP contribution in [0.4, 0.5) is 11.5 Å². The summed E-state index contributed by atoms with van der Waals surface area (Å²) < 4.78 is 49.0. The number of nitrogens with one attached hydrogen (secondary N) is 1. The van der Waals surface area contributed by atoms with Gasteiger partial charge in [-0.3, -0.25) is 0 Å². The molecule has 0 aliphatic carbocycles. The molecule has 28 heavy (non-hydrogen) atoms. The van der Waals surface area contributed by atoms with Crippen LogP contribution in [-0.4, -0.2) is 43.6 Å². The van der Waals surface area contributed by atoms with E-state index in [1.54, 1.807) is 38.1 Å². The minimum atomic E-state index is -3.70. The standard InChI is InChI=1S/C18H22N4O4S2/c1-14(2)27(23,24)9-3-4-10-28(25,26)17-12-20-13-21-18(17)22-16-7-5-15(11-19)6-8-16/h5-8,12-14H,3-4,9-10H2,1-2H3,(H,20,21,22). The van der Waals surface area contributed by atoms with Crippen molar-refractivity contribution in [3.63, 3.8) is 0 Å². The lowest BCUT2D eigenvalue weighted by atomic mass is 10.2. The quantitative estimate of drug-likeness (QED) is 0.610. The normalized spacial score (nSPS) is 11.9. The van der Waals surface area contributed by atoms with Crippen LogP contribution in [0.15, 0.2) is 41.7 Å². The SMILES string of the molecule is CC(C)S(=O)(=O)CCCCS(=O)(=O)c1cncnc1Nc1ccc(C#N)cc1. The van der Waals surface area contributed by atoms with Gasteiger partial charge >= 0.3 is 0 Å². The minimum Gasteiger partial charge on any atom is -0.339 e. The van der Waals surface area contributed by atoms with Crippen molar-refractivity contribution >= 4 is 31.2 Å². The first-order valence-electron chi connectivity index (χ1n) is 8.67. The van der Waals surface area contributed by atoms with E-state index in [4.69, 9.17) is 5.26 Å². The van der Waals surface area contributed by atoms with E-state index in [2.05, 4.69) is 15.3 Å². The summed E-state index contributed by atoms with van der Waals surface area (Å²) in [5.41, 5.74) is 1.06. The number of aromatic nitrogens is 2. The number of anilines is 2. The van der Waals surface area contributed by atoms with Crippen LogP contribution in [0.2, 0.25) is 0 Å². The average molecular weight is 423 g/mol. The molecule has 150 valence electrons. The van der Waals surface area contributed by atoms with Crippen LogP contribution in [0.3, 0.4) is 0 Å². The highest BCUT2D eigenvalue weighted by atomic mass is 32.2. The summed E-state index contributed by atoms with van der Waals surface area (Å²) in [7, 11) is -6.89. The molecule has 0 aliphatic rings. The van der Waals surface area contributed by atoms with Crippen LogP contribution in [-0.2, 0) is 19.7 Å². The third-order valence-corrected chi connectivity index (χ3v) is 8.19. The number of hydrogen-bond acceptors (Lipinski definition) is 8. The van der Waals surface area contributed by atoms with Gasteiger partial charge in [-0.15, -0.1) is 0 Å². The first-order chi connectivity index (χ1) is 13.2. The fourth-order valence-electron chi connectivity index (χ4n) is 2.34. The maximum atomic E-state index is 12.7. The Morgan fingerprint density at radius 3 is 2.32 bits per heavy atom. The molecule has 2 aromatic rings. The van der Waals surface area contributed by atoms with Crippen molar-refractivity contribution in [2.75, 3.05) is 16.8 Å². The lowest BCUT2D eigenvalue weighted by Crippen LogP contribution is -2.18. The second kappa shape index (κ2) is 9.12. The van der Waals surface area contributed by atoms with E-state index in [1.165, 1.54) is 12.5 Å². The molecule has 0 radical (unpaired) electrons. The van der Waals surface area contributed by atoms with Crippen molar-refractivity contribution < 1.29 is 16.8 Å². The Hall–Kier alpha value is -2.51. The zero-order chi connectivity index (χ0) is 20.8. The van der Waals surface area contributed by atoms with Gasteiger partial charge in [0, 0.05) is 5.69 Å². The highest BCUT2D eigenvalue weighted by Gasteiger charge is 2.21. The Kier molecular flexibility index (Phi) is 7.10. The molecule has 1 heterocycles. The van der Waals surface area contributed by atoms with Gasteiger partial charge in [0.1, 0.15) is 11.2 Å². The summed E-state index contributed by atoms with van der Waals surface area (Å²) in [5.74, 6) is -0.104. The molecule has 0 atom stereocenters. The Bertz CT molecular complexity index is 1060. The third-order valence-electron chi connectivity index (χ3n) is 4.10. The Morgan fingerprint density at radius 2 is 1.71 bits per heavy atom. The largest absolute Gasteiger partial charge is 0.339 e. The van der Waals surface area contributed by atoms with Gasteiger partial charge in [-0.25, -0.2) is 26.8 Å². The van der Waals surface area contributed by atoms with Gasteiger partial charge in [0.05, 0.1) is 34.6 Å². The molecule has 0 aliphatic heterocycles. The number of rotatable bonds is 9. The van der Waals surface area contributed by atoms with Crippen LogP contribution < -0.4 is 5.32 Å². The molecule has 8 nitrogen and oxygen atoms in total. The molecule has 0 amide bonds. The molecule has 1 aromatic carbocycles. The van der Waals surface area contributed by atoms with E-state index in [0.29, 0.717) is 11.3 Å². The smallest absolute Gasteiger partial charge is 0.183 e. The van der Waals surface area contributed by atoms with Gasteiger partial charge < -0.3 is 5.32 Å². The zero-order valence-electron chi connectivity index (χ0n) is 15.7. The summed E-state index contributed by atoms with van der Waals surface area (Å²) >= 11 is 0. The van der Waals surface area contributed by atoms with Crippen LogP contribution in [0, 0.1) is 11.3 Å². The van der Waals surface area contributed by atoms with Crippen molar-refractivity contribution in [3.05, 3.63) is 42.4 Å². The maximum Gasteiger partial charge on any atom is 0.183 e. The number of hydrogen-bond donors (Lipinski definition) is 1. The van der Waals surface area contributed by atoms with Crippen LogP contribution >= 0.6 is 0 Å². The molecule has 0 saturated heterocycles. The lowest BCUT2D eigenvalue weighted by molar-refractivity contribution is 0.579. The van der Waals surface area contributed by atoms with E-state index in [9.17, 15) is 16.8 Å². The Morgan fingerprint density at radius 1 is 1.07 bits per heavy atom. The molecular weight excluding hydrogens is 400 g/mol. The molecule has 0 bridgehead atoms. The van der Waals surface area contributed by atoms with E-state index in [0.717, 1.165) is 0 Å². The molecule has 0 unspecified atom stereocenters. The molecule has 0 spiro atoms. The number of sulfone groups is 2. The van der Waals surface area contributed by atoms with Crippen molar-refractivity contribution in [1.82, 2.24) is 9.97 Å². The minimum absolute atomic E-state index is 0.0399. The average Bonchev–Trinajstić information content (AvgIpc) is 2.66. The number of nitrogens with zero attached hydrogens (tertiary/aromatic N) is 3. The zero-order valence-corrected chi connectivity index (χ0v) is 17.3. The van der Waals surface area contributed by atoms with Gasteiger partial charge in [0.2, 0.25) is 0 Å². The molecular formula is C18H22N4O4S2. The molecule has 0 saturated carbocycles. The second-order valence-electron chi connectivity index (χ2n) is 6.49. The van der Waals surface area contributed by atoms with Crippen LogP contribution in [0.25, 0.3) is 0 Å². The fraction of sp³-hybridized carbons (Fsp3) is 0.389. The summed E-state index contributed by atoms with van der Waals surface area (Å²) in [6, 6.07) is 8.51. The fourth-order valence-corrected chi connectivity index (χ4v) is 4.85. The van der Waals surface area contributed by atoms with E-state index >= 15 is 0 Å². The molecule has 0 fully saturated rings. The van der Waals surface area contributed by atoms with Gasteiger partial charge in [-0.1, -0.05) is 0 Å². The monoisotopic (exact) mass is 422 g/mol. The van der Waals surface area contributed by atoms with Crippen molar-refractivity contribution in [1.29, 1.82) is 5.26 Å².